The first-order valence-corrected chi connectivity index (χ1v) is 7.71. The van der Waals surface area contributed by atoms with Gasteiger partial charge in [-0.05, 0) is 51.5 Å². The van der Waals surface area contributed by atoms with Gasteiger partial charge in [0, 0.05) is 17.3 Å². The number of amides is 1. The summed E-state index contributed by atoms with van der Waals surface area (Å²) in [5.74, 6) is 1.49. The first kappa shape index (κ1) is 14.9. The standard InChI is InChI=1S/C16H25N3O/c1-4-5-13-6-8-14(9-7-13)15(20)19-16-17-11(2)10-12(3)18-16/h10,13-14H,4-9H2,1-3H3,(H,17,18,19,20). The van der Waals surface area contributed by atoms with Crippen LogP contribution in [-0.4, -0.2) is 15.9 Å². The van der Waals surface area contributed by atoms with E-state index in [0.29, 0.717) is 5.95 Å². The molecule has 0 saturated heterocycles. The zero-order chi connectivity index (χ0) is 14.5. The summed E-state index contributed by atoms with van der Waals surface area (Å²) < 4.78 is 0. The number of hydrogen-bond donors (Lipinski definition) is 1. The molecule has 0 atom stereocenters. The van der Waals surface area contributed by atoms with Gasteiger partial charge in [0.1, 0.15) is 0 Å². The number of hydrogen-bond acceptors (Lipinski definition) is 3. The van der Waals surface area contributed by atoms with Crippen LogP contribution in [0.25, 0.3) is 0 Å². The summed E-state index contributed by atoms with van der Waals surface area (Å²) in [6.07, 6.45) is 6.91. The smallest absolute Gasteiger partial charge is 0.229 e. The Morgan fingerprint density at radius 2 is 1.80 bits per heavy atom. The average molecular weight is 275 g/mol. The summed E-state index contributed by atoms with van der Waals surface area (Å²) in [6.45, 7) is 6.07. The quantitative estimate of drug-likeness (QED) is 0.912. The lowest BCUT2D eigenvalue weighted by molar-refractivity contribution is -0.121. The van der Waals surface area contributed by atoms with E-state index in [4.69, 9.17) is 0 Å². The van der Waals surface area contributed by atoms with Crippen molar-refractivity contribution in [3.8, 4) is 0 Å². The van der Waals surface area contributed by atoms with Crippen LogP contribution in [0.2, 0.25) is 0 Å². The van der Waals surface area contributed by atoms with Gasteiger partial charge < -0.3 is 0 Å². The second-order valence-corrected chi connectivity index (χ2v) is 5.97. The van der Waals surface area contributed by atoms with Gasteiger partial charge in [0.25, 0.3) is 0 Å². The second kappa shape index (κ2) is 6.82. The van der Waals surface area contributed by atoms with E-state index in [2.05, 4.69) is 22.2 Å². The molecule has 1 amide bonds. The molecule has 1 fully saturated rings. The lowest BCUT2D eigenvalue weighted by Crippen LogP contribution is -2.28. The Morgan fingerprint density at radius 3 is 2.35 bits per heavy atom. The molecule has 1 saturated carbocycles. The Hall–Kier alpha value is -1.45. The molecule has 1 aromatic rings. The molecule has 4 heteroatoms. The van der Waals surface area contributed by atoms with Crippen LogP contribution in [0.15, 0.2) is 6.07 Å². The van der Waals surface area contributed by atoms with Gasteiger partial charge in [-0.25, -0.2) is 9.97 Å². The first-order chi connectivity index (χ1) is 9.58. The highest BCUT2D eigenvalue weighted by Crippen LogP contribution is 2.31. The third-order valence-electron chi connectivity index (χ3n) is 4.13. The minimum absolute atomic E-state index is 0.0879. The zero-order valence-corrected chi connectivity index (χ0v) is 12.8. The molecule has 0 bridgehead atoms. The van der Waals surface area contributed by atoms with E-state index in [0.717, 1.165) is 30.1 Å². The molecule has 1 heterocycles. The van der Waals surface area contributed by atoms with E-state index < -0.39 is 0 Å². The number of anilines is 1. The van der Waals surface area contributed by atoms with Crippen LogP contribution in [0.3, 0.4) is 0 Å². The van der Waals surface area contributed by atoms with E-state index in [1.54, 1.807) is 0 Å². The molecule has 1 aromatic heterocycles. The van der Waals surface area contributed by atoms with Gasteiger partial charge >= 0.3 is 0 Å². The molecule has 0 aromatic carbocycles. The minimum Gasteiger partial charge on any atom is -0.294 e. The van der Waals surface area contributed by atoms with Gasteiger partial charge in [0.05, 0.1) is 0 Å². The molecular formula is C16H25N3O. The lowest BCUT2D eigenvalue weighted by Gasteiger charge is -2.27. The van der Waals surface area contributed by atoms with Crippen LogP contribution in [0.5, 0.6) is 0 Å². The Labute approximate surface area is 121 Å². The van der Waals surface area contributed by atoms with Crippen LogP contribution in [0.1, 0.15) is 56.8 Å². The lowest BCUT2D eigenvalue weighted by atomic mass is 9.80. The largest absolute Gasteiger partial charge is 0.294 e. The van der Waals surface area contributed by atoms with Crippen molar-refractivity contribution in [3.63, 3.8) is 0 Å². The average Bonchev–Trinajstić information content (AvgIpc) is 2.38. The van der Waals surface area contributed by atoms with Gasteiger partial charge in [0.2, 0.25) is 11.9 Å². The molecular weight excluding hydrogens is 250 g/mol. The number of nitrogens with zero attached hydrogens (tertiary/aromatic N) is 2. The van der Waals surface area contributed by atoms with Crippen molar-refractivity contribution in [2.24, 2.45) is 11.8 Å². The fourth-order valence-corrected chi connectivity index (χ4v) is 3.12. The number of nitrogens with one attached hydrogen (secondary N) is 1. The Kier molecular flexibility index (Phi) is 5.10. The van der Waals surface area contributed by atoms with Crippen molar-refractivity contribution in [2.75, 3.05) is 5.32 Å². The molecule has 1 aliphatic rings. The van der Waals surface area contributed by atoms with Gasteiger partial charge in [-0.2, -0.15) is 0 Å². The highest BCUT2D eigenvalue weighted by Gasteiger charge is 2.26. The summed E-state index contributed by atoms with van der Waals surface area (Å²) in [5, 5.41) is 2.88. The number of carbonyl (C=O) groups excluding carboxylic acids is 1. The molecule has 0 spiro atoms. The second-order valence-electron chi connectivity index (χ2n) is 5.97. The van der Waals surface area contributed by atoms with Gasteiger partial charge in [0.15, 0.2) is 0 Å². The Bertz CT molecular complexity index is 445. The number of aromatic nitrogens is 2. The first-order valence-electron chi connectivity index (χ1n) is 7.71. The van der Waals surface area contributed by atoms with Crippen LogP contribution in [-0.2, 0) is 4.79 Å². The van der Waals surface area contributed by atoms with E-state index in [9.17, 15) is 4.79 Å². The number of rotatable bonds is 4. The Balaban J connectivity index is 1.89. The van der Waals surface area contributed by atoms with Gasteiger partial charge in [-0.15, -0.1) is 0 Å². The van der Waals surface area contributed by atoms with Crippen molar-refractivity contribution in [3.05, 3.63) is 17.5 Å². The van der Waals surface area contributed by atoms with Crippen LogP contribution >= 0.6 is 0 Å². The third-order valence-corrected chi connectivity index (χ3v) is 4.13. The predicted molar refractivity (Wildman–Crippen MR) is 80.5 cm³/mol. The fraction of sp³-hybridized carbons (Fsp3) is 0.688. The molecule has 20 heavy (non-hydrogen) atoms. The molecule has 1 N–H and O–H groups in total. The monoisotopic (exact) mass is 275 g/mol. The van der Waals surface area contributed by atoms with Crippen molar-refractivity contribution in [1.29, 1.82) is 0 Å². The van der Waals surface area contributed by atoms with Crippen molar-refractivity contribution in [2.45, 2.75) is 59.3 Å². The molecule has 0 radical (unpaired) electrons. The zero-order valence-electron chi connectivity index (χ0n) is 12.8. The SMILES string of the molecule is CCCC1CCC(C(=O)Nc2nc(C)cc(C)n2)CC1. The van der Waals surface area contributed by atoms with Crippen LogP contribution in [0.4, 0.5) is 5.95 Å². The van der Waals surface area contributed by atoms with Crippen molar-refractivity contribution in [1.82, 2.24) is 9.97 Å². The maximum absolute atomic E-state index is 12.3. The summed E-state index contributed by atoms with van der Waals surface area (Å²) in [7, 11) is 0. The summed E-state index contributed by atoms with van der Waals surface area (Å²) in [5.41, 5.74) is 1.78. The van der Waals surface area contributed by atoms with E-state index in [1.165, 1.54) is 25.7 Å². The summed E-state index contributed by atoms with van der Waals surface area (Å²) >= 11 is 0. The van der Waals surface area contributed by atoms with Gasteiger partial charge in [-0.3, -0.25) is 10.1 Å². The maximum atomic E-state index is 12.3. The topological polar surface area (TPSA) is 54.9 Å². The molecule has 0 unspecified atom stereocenters. The van der Waals surface area contributed by atoms with Crippen LogP contribution < -0.4 is 5.32 Å². The number of carbonyl (C=O) groups is 1. The van der Waals surface area contributed by atoms with E-state index in [-0.39, 0.29) is 11.8 Å². The molecule has 0 aliphatic heterocycles. The summed E-state index contributed by atoms with van der Waals surface area (Å²) in [6, 6.07) is 1.91. The van der Waals surface area contributed by atoms with Crippen LogP contribution in [0, 0.1) is 25.7 Å². The third kappa shape index (κ3) is 4.02. The van der Waals surface area contributed by atoms with Crippen molar-refractivity contribution < 1.29 is 4.79 Å². The highest BCUT2D eigenvalue weighted by molar-refractivity contribution is 5.90. The normalized spacial score (nSPS) is 22.6. The molecule has 2 rings (SSSR count). The number of aryl methyl sites for hydroxylation is 2. The fourth-order valence-electron chi connectivity index (χ4n) is 3.12. The highest BCUT2D eigenvalue weighted by atomic mass is 16.2. The van der Waals surface area contributed by atoms with Crippen molar-refractivity contribution >= 4 is 11.9 Å². The molecule has 1 aliphatic carbocycles. The van der Waals surface area contributed by atoms with E-state index in [1.807, 2.05) is 19.9 Å². The predicted octanol–water partition coefficient (Wildman–Crippen LogP) is 3.64. The Morgan fingerprint density at radius 1 is 1.20 bits per heavy atom. The summed E-state index contributed by atoms with van der Waals surface area (Å²) in [4.78, 5) is 20.8. The molecule has 110 valence electrons. The molecule has 4 nitrogen and oxygen atoms in total. The maximum Gasteiger partial charge on any atom is 0.229 e. The minimum atomic E-state index is 0.0879. The van der Waals surface area contributed by atoms with Gasteiger partial charge in [-0.1, -0.05) is 19.8 Å². The van der Waals surface area contributed by atoms with E-state index >= 15 is 0 Å².